The fourth-order valence-corrected chi connectivity index (χ4v) is 6.33. The highest BCUT2D eigenvalue weighted by atomic mass is 16.2. The van der Waals surface area contributed by atoms with Crippen molar-refractivity contribution < 1.29 is 9.59 Å². The molecule has 1 atom stereocenters. The molecule has 1 aromatic rings. The number of hydrogen-bond acceptors (Lipinski definition) is 3. The van der Waals surface area contributed by atoms with Crippen LogP contribution in [0, 0.1) is 17.3 Å². The van der Waals surface area contributed by atoms with Gasteiger partial charge in [0.05, 0.1) is 5.92 Å². The van der Waals surface area contributed by atoms with Crippen LogP contribution in [0.1, 0.15) is 50.5 Å². The second-order valence-electron chi connectivity index (χ2n) is 10.2. The topological polar surface area (TPSA) is 43.9 Å². The highest BCUT2D eigenvalue weighted by Crippen LogP contribution is 2.46. The Morgan fingerprint density at radius 2 is 1.60 bits per heavy atom. The first-order valence-electron chi connectivity index (χ1n) is 12.0. The quantitative estimate of drug-likeness (QED) is 0.750. The predicted molar refractivity (Wildman–Crippen MR) is 117 cm³/mol. The molecule has 1 saturated carbocycles. The van der Waals surface area contributed by atoms with Crippen LogP contribution in [0.3, 0.4) is 0 Å². The molecule has 4 aliphatic rings. The van der Waals surface area contributed by atoms with Gasteiger partial charge in [-0.3, -0.25) is 14.5 Å². The van der Waals surface area contributed by atoms with E-state index in [1.54, 1.807) is 0 Å². The lowest BCUT2D eigenvalue weighted by molar-refractivity contribution is -0.154. The Balaban J connectivity index is 1.27. The van der Waals surface area contributed by atoms with Crippen LogP contribution in [0.4, 0.5) is 0 Å². The number of hydrogen-bond donors (Lipinski definition) is 0. The molecule has 5 heteroatoms. The van der Waals surface area contributed by atoms with Gasteiger partial charge in [0.15, 0.2) is 0 Å². The maximum absolute atomic E-state index is 13.4. The molecule has 4 fully saturated rings. The van der Waals surface area contributed by atoms with E-state index in [2.05, 4.69) is 45.0 Å². The first-order chi connectivity index (χ1) is 14.6. The van der Waals surface area contributed by atoms with E-state index >= 15 is 0 Å². The lowest BCUT2D eigenvalue weighted by Gasteiger charge is -2.51. The number of nitrogens with zero attached hydrogens (tertiary/aromatic N) is 3. The lowest BCUT2D eigenvalue weighted by Crippen LogP contribution is -2.64. The zero-order chi connectivity index (χ0) is 20.6. The van der Waals surface area contributed by atoms with E-state index in [-0.39, 0.29) is 11.3 Å². The van der Waals surface area contributed by atoms with Crippen LogP contribution >= 0.6 is 0 Å². The van der Waals surface area contributed by atoms with Crippen LogP contribution in [0.5, 0.6) is 0 Å². The van der Waals surface area contributed by atoms with Crippen molar-refractivity contribution in [1.82, 2.24) is 14.7 Å². The number of rotatable bonds is 5. The van der Waals surface area contributed by atoms with Crippen LogP contribution in [-0.4, -0.2) is 65.8 Å². The van der Waals surface area contributed by atoms with Gasteiger partial charge in [-0.05, 0) is 37.2 Å². The Morgan fingerprint density at radius 1 is 0.900 bits per heavy atom. The van der Waals surface area contributed by atoms with Gasteiger partial charge in [-0.2, -0.15) is 0 Å². The van der Waals surface area contributed by atoms with Gasteiger partial charge in [-0.15, -0.1) is 0 Å². The zero-order valence-electron chi connectivity index (χ0n) is 18.1. The van der Waals surface area contributed by atoms with E-state index in [0.717, 1.165) is 58.7 Å². The van der Waals surface area contributed by atoms with Crippen molar-refractivity contribution in [2.45, 2.75) is 51.5 Å². The van der Waals surface area contributed by atoms with E-state index in [1.807, 2.05) is 0 Å². The van der Waals surface area contributed by atoms with Gasteiger partial charge < -0.3 is 9.80 Å². The van der Waals surface area contributed by atoms with Crippen LogP contribution in [0.25, 0.3) is 0 Å². The Morgan fingerprint density at radius 3 is 2.30 bits per heavy atom. The molecule has 5 nitrogen and oxygen atoms in total. The number of carbonyl (C=O) groups excluding carboxylic acids is 2. The standard InChI is InChI=1S/C25H35N3O2/c29-23(14-20-8-4-5-9-20)28-18-25(19-28)17-26(15-21-10-2-1-3-11-21)16-22(25)24(30)27-12-6-7-13-27/h1-3,10-11,20,22H,4-9,12-19H2. The summed E-state index contributed by atoms with van der Waals surface area (Å²) in [4.78, 5) is 32.8. The van der Waals surface area contributed by atoms with Gasteiger partial charge in [0.25, 0.3) is 0 Å². The minimum absolute atomic E-state index is 0.0369. The summed E-state index contributed by atoms with van der Waals surface area (Å²) in [5.41, 5.74) is 1.26. The van der Waals surface area contributed by atoms with Crippen molar-refractivity contribution in [3.8, 4) is 0 Å². The van der Waals surface area contributed by atoms with E-state index in [0.29, 0.717) is 24.2 Å². The second kappa shape index (κ2) is 8.33. The minimum Gasteiger partial charge on any atom is -0.342 e. The average molecular weight is 410 g/mol. The molecule has 0 aromatic heterocycles. The summed E-state index contributed by atoms with van der Waals surface area (Å²) >= 11 is 0. The van der Waals surface area contributed by atoms with E-state index in [9.17, 15) is 9.59 Å². The molecule has 1 unspecified atom stereocenters. The molecule has 5 rings (SSSR count). The molecule has 3 aliphatic heterocycles. The third-order valence-electron chi connectivity index (χ3n) is 7.99. The highest BCUT2D eigenvalue weighted by Gasteiger charge is 2.58. The van der Waals surface area contributed by atoms with Gasteiger partial charge in [0, 0.05) is 57.6 Å². The van der Waals surface area contributed by atoms with Crippen molar-refractivity contribution >= 4 is 11.8 Å². The van der Waals surface area contributed by atoms with Gasteiger partial charge >= 0.3 is 0 Å². The van der Waals surface area contributed by atoms with Gasteiger partial charge in [-0.1, -0.05) is 43.2 Å². The molecule has 30 heavy (non-hydrogen) atoms. The predicted octanol–water partition coefficient (Wildman–Crippen LogP) is 3.15. The van der Waals surface area contributed by atoms with Crippen LogP contribution in [0.15, 0.2) is 30.3 Å². The molecule has 0 N–H and O–H groups in total. The molecule has 1 aliphatic carbocycles. The summed E-state index contributed by atoms with van der Waals surface area (Å²) in [5.74, 6) is 1.29. The van der Waals surface area contributed by atoms with Gasteiger partial charge in [-0.25, -0.2) is 0 Å². The summed E-state index contributed by atoms with van der Waals surface area (Å²) in [5, 5.41) is 0. The molecule has 3 heterocycles. The molecule has 1 aromatic carbocycles. The Kier molecular flexibility index (Phi) is 5.57. The largest absolute Gasteiger partial charge is 0.342 e. The van der Waals surface area contributed by atoms with Crippen molar-refractivity contribution in [3.05, 3.63) is 35.9 Å². The molecule has 2 amide bonds. The molecule has 162 valence electrons. The van der Waals surface area contributed by atoms with Crippen LogP contribution in [0.2, 0.25) is 0 Å². The zero-order valence-corrected chi connectivity index (χ0v) is 18.1. The molecular weight excluding hydrogens is 374 g/mol. The van der Waals surface area contributed by atoms with Gasteiger partial charge in [0.2, 0.25) is 11.8 Å². The van der Waals surface area contributed by atoms with E-state index < -0.39 is 0 Å². The summed E-state index contributed by atoms with van der Waals surface area (Å²) in [7, 11) is 0. The molecule has 0 radical (unpaired) electrons. The smallest absolute Gasteiger partial charge is 0.227 e. The summed E-state index contributed by atoms with van der Waals surface area (Å²) < 4.78 is 0. The maximum atomic E-state index is 13.4. The first-order valence-corrected chi connectivity index (χ1v) is 12.0. The minimum atomic E-state index is -0.0419. The third-order valence-corrected chi connectivity index (χ3v) is 7.99. The normalized spacial score (nSPS) is 26.5. The molecule has 3 saturated heterocycles. The monoisotopic (exact) mass is 409 g/mol. The van der Waals surface area contributed by atoms with Crippen molar-refractivity contribution in [1.29, 1.82) is 0 Å². The number of amides is 2. The highest BCUT2D eigenvalue weighted by molar-refractivity contribution is 5.82. The number of likely N-dealkylation sites (tertiary alicyclic amines) is 3. The SMILES string of the molecule is O=C(CC1CCCC1)N1CC2(CN(Cc3ccccc3)CC2C(=O)N2CCCC2)C1. The fourth-order valence-electron chi connectivity index (χ4n) is 6.33. The fraction of sp³-hybridized carbons (Fsp3) is 0.680. The van der Waals surface area contributed by atoms with Crippen molar-refractivity contribution in [2.75, 3.05) is 39.3 Å². The Hall–Kier alpha value is -1.88. The first kappa shape index (κ1) is 20.0. The summed E-state index contributed by atoms with van der Waals surface area (Å²) in [6.45, 7) is 6.02. The van der Waals surface area contributed by atoms with Crippen LogP contribution < -0.4 is 0 Å². The van der Waals surface area contributed by atoms with Crippen molar-refractivity contribution in [3.63, 3.8) is 0 Å². The molecular formula is C25H35N3O2. The lowest BCUT2D eigenvalue weighted by atomic mass is 9.70. The molecule has 1 spiro atoms. The van der Waals surface area contributed by atoms with E-state index in [4.69, 9.17) is 0 Å². The summed E-state index contributed by atoms with van der Waals surface area (Å²) in [6, 6.07) is 10.6. The Bertz CT molecular complexity index is 762. The maximum Gasteiger partial charge on any atom is 0.227 e. The number of benzene rings is 1. The average Bonchev–Trinajstić information content (AvgIpc) is 3.48. The third kappa shape index (κ3) is 3.89. The second-order valence-corrected chi connectivity index (χ2v) is 10.2. The van der Waals surface area contributed by atoms with Gasteiger partial charge in [0.1, 0.15) is 0 Å². The number of carbonyl (C=O) groups is 2. The van der Waals surface area contributed by atoms with E-state index in [1.165, 1.54) is 31.2 Å². The Labute approximate surface area is 180 Å². The molecule has 0 bridgehead atoms. The summed E-state index contributed by atoms with van der Waals surface area (Å²) in [6.07, 6.45) is 7.97. The van der Waals surface area contributed by atoms with Crippen molar-refractivity contribution in [2.24, 2.45) is 17.3 Å². The van der Waals surface area contributed by atoms with Crippen LogP contribution in [-0.2, 0) is 16.1 Å².